The molecule has 28 heavy (non-hydrogen) atoms. The molecule has 1 saturated heterocycles. The number of nitrogens with zero attached hydrogens (tertiary/aromatic N) is 4. The minimum Gasteiger partial charge on any atom is -0.483 e. The van der Waals surface area contributed by atoms with Crippen LogP contribution >= 0.6 is 0 Å². The van der Waals surface area contributed by atoms with Crippen LogP contribution in [0.4, 0.5) is 0 Å². The molecule has 1 amide bonds. The van der Waals surface area contributed by atoms with Gasteiger partial charge in [-0.1, -0.05) is 25.1 Å². The Kier molecular flexibility index (Phi) is 5.90. The molecule has 1 atom stereocenters. The van der Waals surface area contributed by atoms with Gasteiger partial charge >= 0.3 is 0 Å². The lowest BCUT2D eigenvalue weighted by Gasteiger charge is -2.24. The molecule has 1 N–H and O–H groups in total. The van der Waals surface area contributed by atoms with Crippen molar-refractivity contribution in [1.29, 1.82) is 0 Å². The largest absolute Gasteiger partial charge is 0.483 e. The Morgan fingerprint density at radius 3 is 2.93 bits per heavy atom. The fraction of sp³-hybridized carbons (Fsp3) is 0.571. The second-order valence-electron chi connectivity index (χ2n) is 7.58. The maximum absolute atomic E-state index is 12.2. The lowest BCUT2D eigenvalue weighted by atomic mass is 10.1. The zero-order valence-electron chi connectivity index (χ0n) is 16.6. The van der Waals surface area contributed by atoms with Gasteiger partial charge in [0.05, 0.1) is 6.54 Å². The molecular formula is C21H29N5O2. The van der Waals surface area contributed by atoms with Gasteiger partial charge in [-0.3, -0.25) is 4.79 Å². The topological polar surface area (TPSA) is 72.3 Å². The molecule has 7 heteroatoms. The number of ether oxygens (including phenoxy) is 1. The minimum absolute atomic E-state index is 0.0815. The van der Waals surface area contributed by atoms with E-state index in [9.17, 15) is 4.79 Å². The molecule has 0 saturated carbocycles. The highest BCUT2D eigenvalue weighted by atomic mass is 16.5. The Bertz CT molecular complexity index is 813. The van der Waals surface area contributed by atoms with Crippen LogP contribution in [0.25, 0.3) is 0 Å². The van der Waals surface area contributed by atoms with Gasteiger partial charge in [0.1, 0.15) is 11.6 Å². The summed E-state index contributed by atoms with van der Waals surface area (Å²) in [6.45, 7) is 5.47. The maximum atomic E-state index is 12.2. The summed E-state index contributed by atoms with van der Waals surface area (Å²) in [7, 11) is 0. The van der Waals surface area contributed by atoms with Crippen LogP contribution in [0.3, 0.4) is 0 Å². The molecular weight excluding hydrogens is 354 g/mol. The van der Waals surface area contributed by atoms with E-state index in [2.05, 4.69) is 28.4 Å². The third kappa shape index (κ3) is 4.35. The van der Waals surface area contributed by atoms with Crippen LogP contribution in [0.2, 0.25) is 0 Å². The molecule has 1 aromatic heterocycles. The third-order valence-corrected chi connectivity index (χ3v) is 5.58. The van der Waals surface area contributed by atoms with Crippen molar-refractivity contribution in [1.82, 2.24) is 25.0 Å². The first kappa shape index (κ1) is 18.9. The summed E-state index contributed by atoms with van der Waals surface area (Å²) in [5.74, 6) is 2.89. The van der Waals surface area contributed by atoms with Gasteiger partial charge in [0, 0.05) is 44.1 Å². The first-order chi connectivity index (χ1) is 13.7. The van der Waals surface area contributed by atoms with E-state index in [-0.39, 0.29) is 12.5 Å². The molecule has 2 aliphatic rings. The number of fused-ring (bicyclic) bond motifs is 1. The van der Waals surface area contributed by atoms with E-state index in [4.69, 9.17) is 4.74 Å². The Morgan fingerprint density at radius 2 is 2.11 bits per heavy atom. The monoisotopic (exact) mass is 383 g/mol. The van der Waals surface area contributed by atoms with Crippen molar-refractivity contribution in [3.05, 3.63) is 41.5 Å². The summed E-state index contributed by atoms with van der Waals surface area (Å²) in [6.07, 6.45) is 5.08. The summed E-state index contributed by atoms with van der Waals surface area (Å²) in [5.41, 5.74) is 1.08. The van der Waals surface area contributed by atoms with Crippen LogP contribution in [0, 0.1) is 0 Å². The highest BCUT2D eigenvalue weighted by molar-refractivity contribution is 5.78. The van der Waals surface area contributed by atoms with Crippen LogP contribution in [0.15, 0.2) is 24.3 Å². The van der Waals surface area contributed by atoms with E-state index >= 15 is 0 Å². The average Bonchev–Trinajstić information content (AvgIpc) is 3.40. The highest BCUT2D eigenvalue weighted by Gasteiger charge is 2.22. The SMILES string of the molecule is CCc1nc2n(n1)CC(NCc1ccccc1OCC(=O)N1CCCC1)CC2. The van der Waals surface area contributed by atoms with Gasteiger partial charge in [-0.25, -0.2) is 9.67 Å². The number of likely N-dealkylation sites (tertiary alicyclic amines) is 1. The van der Waals surface area contributed by atoms with Crippen molar-refractivity contribution in [2.45, 2.75) is 58.2 Å². The van der Waals surface area contributed by atoms with Crippen LogP contribution in [0.1, 0.15) is 43.4 Å². The van der Waals surface area contributed by atoms with Gasteiger partial charge in [0.2, 0.25) is 0 Å². The fourth-order valence-electron chi connectivity index (χ4n) is 3.92. The smallest absolute Gasteiger partial charge is 0.260 e. The fourth-order valence-corrected chi connectivity index (χ4v) is 3.92. The van der Waals surface area contributed by atoms with Gasteiger partial charge in [-0.2, -0.15) is 5.10 Å². The predicted molar refractivity (Wildman–Crippen MR) is 106 cm³/mol. The van der Waals surface area contributed by atoms with Crippen LogP contribution in [-0.4, -0.2) is 51.3 Å². The summed E-state index contributed by atoms with van der Waals surface area (Å²) in [5, 5.41) is 8.20. The minimum atomic E-state index is 0.0815. The van der Waals surface area contributed by atoms with Crippen LogP contribution in [-0.2, 0) is 30.7 Å². The van der Waals surface area contributed by atoms with E-state index in [1.807, 2.05) is 27.8 Å². The van der Waals surface area contributed by atoms with E-state index in [1.54, 1.807) is 0 Å². The molecule has 3 heterocycles. The van der Waals surface area contributed by atoms with Crippen molar-refractivity contribution < 1.29 is 9.53 Å². The number of benzene rings is 1. The molecule has 0 spiro atoms. The second kappa shape index (κ2) is 8.73. The molecule has 0 aliphatic carbocycles. The van der Waals surface area contributed by atoms with Crippen LogP contribution < -0.4 is 10.1 Å². The van der Waals surface area contributed by atoms with Crippen LogP contribution in [0.5, 0.6) is 5.75 Å². The highest BCUT2D eigenvalue weighted by Crippen LogP contribution is 2.20. The number of carbonyl (C=O) groups is 1. The van der Waals surface area contributed by atoms with Crippen molar-refractivity contribution in [3.63, 3.8) is 0 Å². The number of carbonyl (C=O) groups excluding carboxylic acids is 1. The molecule has 7 nitrogen and oxygen atoms in total. The number of hydrogen-bond acceptors (Lipinski definition) is 5. The summed E-state index contributed by atoms with van der Waals surface area (Å²) >= 11 is 0. The molecule has 4 rings (SSSR count). The molecule has 1 unspecified atom stereocenters. The van der Waals surface area contributed by atoms with Crippen molar-refractivity contribution in [2.24, 2.45) is 0 Å². The number of amides is 1. The predicted octanol–water partition coefficient (Wildman–Crippen LogP) is 1.95. The van der Waals surface area contributed by atoms with E-state index < -0.39 is 0 Å². The van der Waals surface area contributed by atoms with Gasteiger partial charge in [-0.15, -0.1) is 0 Å². The normalized spacial score (nSPS) is 18.9. The first-order valence-electron chi connectivity index (χ1n) is 10.4. The Labute approximate surface area is 166 Å². The Hall–Kier alpha value is -2.41. The number of rotatable bonds is 7. The molecule has 1 fully saturated rings. The molecule has 0 radical (unpaired) electrons. The number of aromatic nitrogens is 3. The Morgan fingerprint density at radius 1 is 1.29 bits per heavy atom. The van der Waals surface area contributed by atoms with Gasteiger partial charge in [-0.05, 0) is 25.3 Å². The van der Waals surface area contributed by atoms with Crippen molar-refractivity contribution in [3.8, 4) is 5.75 Å². The lowest BCUT2D eigenvalue weighted by molar-refractivity contribution is -0.132. The number of nitrogens with one attached hydrogen (secondary N) is 1. The van der Waals surface area contributed by atoms with Gasteiger partial charge < -0.3 is 15.0 Å². The Balaban J connectivity index is 1.32. The quantitative estimate of drug-likeness (QED) is 0.791. The van der Waals surface area contributed by atoms with E-state index in [0.717, 1.165) is 74.7 Å². The van der Waals surface area contributed by atoms with Crippen molar-refractivity contribution >= 4 is 5.91 Å². The molecule has 1 aromatic carbocycles. The summed E-state index contributed by atoms with van der Waals surface area (Å²) in [6, 6.07) is 8.32. The molecule has 2 aliphatic heterocycles. The summed E-state index contributed by atoms with van der Waals surface area (Å²) in [4.78, 5) is 18.7. The molecule has 150 valence electrons. The number of hydrogen-bond donors (Lipinski definition) is 1. The van der Waals surface area contributed by atoms with Gasteiger partial charge in [0.25, 0.3) is 5.91 Å². The average molecular weight is 383 g/mol. The summed E-state index contributed by atoms with van der Waals surface area (Å²) < 4.78 is 7.91. The number of para-hydroxylation sites is 1. The zero-order valence-corrected chi connectivity index (χ0v) is 16.6. The molecule has 0 bridgehead atoms. The number of aryl methyl sites for hydroxylation is 2. The lowest BCUT2D eigenvalue weighted by Crippen LogP contribution is -2.37. The maximum Gasteiger partial charge on any atom is 0.260 e. The molecule has 2 aromatic rings. The van der Waals surface area contributed by atoms with Crippen molar-refractivity contribution in [2.75, 3.05) is 19.7 Å². The zero-order chi connectivity index (χ0) is 19.3. The van der Waals surface area contributed by atoms with Gasteiger partial charge in [0.15, 0.2) is 12.4 Å². The second-order valence-corrected chi connectivity index (χ2v) is 7.58. The third-order valence-electron chi connectivity index (χ3n) is 5.58. The standard InChI is InChI=1S/C21H29N5O2/c1-2-19-23-20-10-9-17(14-26(20)24-19)22-13-16-7-3-4-8-18(16)28-15-21(27)25-11-5-6-12-25/h3-4,7-8,17,22H,2,5-6,9-15H2,1H3. The van der Waals surface area contributed by atoms with E-state index in [0.29, 0.717) is 12.6 Å². The van der Waals surface area contributed by atoms with E-state index in [1.165, 1.54) is 0 Å². The first-order valence-corrected chi connectivity index (χ1v) is 10.4.